The first-order valence-corrected chi connectivity index (χ1v) is 9.54. The van der Waals surface area contributed by atoms with Crippen molar-refractivity contribution in [2.45, 2.75) is 26.5 Å². The van der Waals surface area contributed by atoms with Crippen LogP contribution in [0.5, 0.6) is 5.75 Å². The second-order valence-electron chi connectivity index (χ2n) is 7.24. The van der Waals surface area contributed by atoms with Gasteiger partial charge in [0.2, 0.25) is 0 Å². The van der Waals surface area contributed by atoms with Crippen LogP contribution in [0.25, 0.3) is 11.4 Å². The van der Waals surface area contributed by atoms with Crippen molar-refractivity contribution in [2.75, 3.05) is 25.5 Å². The van der Waals surface area contributed by atoms with Gasteiger partial charge in [-0.1, -0.05) is 29.8 Å². The quantitative estimate of drug-likeness (QED) is 0.642. The van der Waals surface area contributed by atoms with Crippen LogP contribution in [0, 0.1) is 6.92 Å². The van der Waals surface area contributed by atoms with Gasteiger partial charge in [0, 0.05) is 62.5 Å². The Morgan fingerprint density at radius 1 is 1.04 bits per heavy atom. The molecule has 0 bridgehead atoms. The topological polar surface area (TPSA) is 50.3 Å². The largest absolute Gasteiger partial charge is 0.489 e. The molecule has 1 N–H and O–H groups in total. The van der Waals surface area contributed by atoms with Crippen molar-refractivity contribution in [1.29, 1.82) is 0 Å². The van der Waals surface area contributed by atoms with E-state index in [-0.39, 0.29) is 6.10 Å². The zero-order valence-electron chi connectivity index (χ0n) is 17.0. The van der Waals surface area contributed by atoms with E-state index in [0.29, 0.717) is 6.54 Å². The molecule has 28 heavy (non-hydrogen) atoms. The molecule has 5 nitrogen and oxygen atoms in total. The first-order valence-electron chi connectivity index (χ1n) is 9.54. The van der Waals surface area contributed by atoms with E-state index in [1.54, 1.807) is 0 Å². The summed E-state index contributed by atoms with van der Waals surface area (Å²) >= 11 is 0. The van der Waals surface area contributed by atoms with Gasteiger partial charge in [-0.15, -0.1) is 0 Å². The third-order valence-electron chi connectivity index (χ3n) is 4.41. The Hall–Kier alpha value is -2.92. The molecule has 146 valence electrons. The fourth-order valence-corrected chi connectivity index (χ4v) is 2.91. The fraction of sp³-hybridized carbons (Fsp3) is 0.304. The highest BCUT2D eigenvalue weighted by Crippen LogP contribution is 2.20. The molecular weight excluding hydrogens is 348 g/mol. The lowest BCUT2D eigenvalue weighted by molar-refractivity contribution is 0.217. The minimum Gasteiger partial charge on any atom is -0.489 e. The normalized spacial score (nSPS) is 11.9. The number of rotatable bonds is 8. The SMILES string of the molecule is Cc1cccc(-c2ncc(CNCC(C)Oc3cccc(N(C)C)c3)cn2)c1. The predicted octanol–water partition coefficient (Wildman–Crippen LogP) is 4.08. The zero-order valence-corrected chi connectivity index (χ0v) is 17.0. The van der Waals surface area contributed by atoms with E-state index in [1.165, 1.54) is 5.56 Å². The van der Waals surface area contributed by atoms with Crippen LogP contribution in [-0.2, 0) is 6.54 Å². The molecule has 3 aromatic rings. The van der Waals surface area contributed by atoms with Crippen LogP contribution >= 0.6 is 0 Å². The molecule has 0 saturated carbocycles. The molecule has 1 heterocycles. The molecule has 3 rings (SSSR count). The molecule has 2 aromatic carbocycles. The summed E-state index contributed by atoms with van der Waals surface area (Å²) < 4.78 is 6.01. The maximum atomic E-state index is 6.01. The van der Waals surface area contributed by atoms with E-state index in [0.717, 1.165) is 34.9 Å². The van der Waals surface area contributed by atoms with Gasteiger partial charge in [0.25, 0.3) is 0 Å². The molecule has 5 heteroatoms. The standard InChI is InChI=1S/C23H28N4O/c1-17-7-5-8-20(11-17)23-25-15-19(16-26-23)14-24-13-18(2)28-22-10-6-9-21(12-22)27(3)4/h5-12,15-16,18,24H,13-14H2,1-4H3. The van der Waals surface area contributed by atoms with Crippen LogP contribution in [0.1, 0.15) is 18.1 Å². The Morgan fingerprint density at radius 2 is 1.79 bits per heavy atom. The number of ether oxygens (including phenoxy) is 1. The van der Waals surface area contributed by atoms with Crippen LogP contribution in [0.3, 0.4) is 0 Å². The molecule has 0 radical (unpaired) electrons. The number of nitrogens with zero attached hydrogens (tertiary/aromatic N) is 3. The number of hydrogen-bond acceptors (Lipinski definition) is 5. The summed E-state index contributed by atoms with van der Waals surface area (Å²) in [6, 6.07) is 16.3. The zero-order chi connectivity index (χ0) is 19.9. The van der Waals surface area contributed by atoms with Crippen LogP contribution in [0.2, 0.25) is 0 Å². The van der Waals surface area contributed by atoms with Crippen molar-refractivity contribution in [1.82, 2.24) is 15.3 Å². The molecule has 0 saturated heterocycles. The smallest absolute Gasteiger partial charge is 0.159 e. The first-order chi connectivity index (χ1) is 13.5. The molecule has 0 spiro atoms. The highest BCUT2D eigenvalue weighted by atomic mass is 16.5. The van der Waals surface area contributed by atoms with E-state index in [4.69, 9.17) is 4.74 Å². The Kier molecular flexibility index (Phi) is 6.61. The summed E-state index contributed by atoms with van der Waals surface area (Å²) in [4.78, 5) is 11.1. The van der Waals surface area contributed by atoms with Gasteiger partial charge in [-0.05, 0) is 32.0 Å². The summed E-state index contributed by atoms with van der Waals surface area (Å²) in [5.74, 6) is 1.64. The molecule has 0 aliphatic rings. The molecule has 0 amide bonds. The molecule has 0 aliphatic heterocycles. The summed E-state index contributed by atoms with van der Waals surface area (Å²) in [6.07, 6.45) is 3.82. The Balaban J connectivity index is 1.49. The van der Waals surface area contributed by atoms with Crippen molar-refractivity contribution in [2.24, 2.45) is 0 Å². The minimum absolute atomic E-state index is 0.0601. The molecular formula is C23H28N4O. The summed E-state index contributed by atoms with van der Waals surface area (Å²) in [6.45, 7) is 5.58. The van der Waals surface area contributed by atoms with Gasteiger partial charge in [0.05, 0.1) is 0 Å². The van der Waals surface area contributed by atoms with Crippen molar-refractivity contribution in [3.63, 3.8) is 0 Å². The minimum atomic E-state index is 0.0601. The number of aryl methyl sites for hydroxylation is 1. The highest BCUT2D eigenvalue weighted by molar-refractivity contribution is 5.55. The van der Waals surface area contributed by atoms with Gasteiger partial charge in [-0.3, -0.25) is 0 Å². The van der Waals surface area contributed by atoms with Crippen LogP contribution < -0.4 is 15.0 Å². The van der Waals surface area contributed by atoms with Crippen molar-refractivity contribution >= 4 is 5.69 Å². The van der Waals surface area contributed by atoms with Crippen molar-refractivity contribution < 1.29 is 4.74 Å². The van der Waals surface area contributed by atoms with E-state index in [2.05, 4.69) is 52.2 Å². The molecule has 1 unspecified atom stereocenters. The number of benzene rings is 2. The highest BCUT2D eigenvalue weighted by Gasteiger charge is 2.06. The molecule has 0 fully saturated rings. The summed E-state index contributed by atoms with van der Waals surface area (Å²) in [5, 5.41) is 3.41. The van der Waals surface area contributed by atoms with Crippen LogP contribution in [0.4, 0.5) is 5.69 Å². The van der Waals surface area contributed by atoms with E-state index < -0.39 is 0 Å². The van der Waals surface area contributed by atoms with Gasteiger partial charge in [0.15, 0.2) is 5.82 Å². The number of nitrogens with one attached hydrogen (secondary N) is 1. The second-order valence-corrected chi connectivity index (χ2v) is 7.24. The van der Waals surface area contributed by atoms with Crippen molar-refractivity contribution in [3.05, 3.63) is 72.1 Å². The Morgan fingerprint density at radius 3 is 2.50 bits per heavy atom. The lowest BCUT2D eigenvalue weighted by Gasteiger charge is -2.18. The molecule has 1 atom stereocenters. The van der Waals surface area contributed by atoms with Gasteiger partial charge >= 0.3 is 0 Å². The maximum absolute atomic E-state index is 6.01. The van der Waals surface area contributed by atoms with E-state index in [1.807, 2.05) is 56.8 Å². The maximum Gasteiger partial charge on any atom is 0.159 e. The summed E-state index contributed by atoms with van der Waals surface area (Å²) in [7, 11) is 4.05. The Bertz CT molecular complexity index is 893. The molecule has 1 aromatic heterocycles. The average Bonchev–Trinajstić information content (AvgIpc) is 2.68. The number of hydrogen-bond donors (Lipinski definition) is 1. The lowest BCUT2D eigenvalue weighted by atomic mass is 10.1. The molecule has 0 aliphatic carbocycles. The van der Waals surface area contributed by atoms with Gasteiger partial charge in [-0.2, -0.15) is 0 Å². The monoisotopic (exact) mass is 376 g/mol. The van der Waals surface area contributed by atoms with Gasteiger partial charge in [0.1, 0.15) is 11.9 Å². The van der Waals surface area contributed by atoms with Crippen LogP contribution in [0.15, 0.2) is 60.9 Å². The number of aromatic nitrogens is 2. The predicted molar refractivity (Wildman–Crippen MR) is 115 cm³/mol. The van der Waals surface area contributed by atoms with E-state index in [9.17, 15) is 0 Å². The van der Waals surface area contributed by atoms with E-state index >= 15 is 0 Å². The first kappa shape index (κ1) is 19.8. The van der Waals surface area contributed by atoms with Crippen molar-refractivity contribution in [3.8, 4) is 17.1 Å². The Labute approximate surface area is 167 Å². The fourth-order valence-electron chi connectivity index (χ4n) is 2.91. The third-order valence-corrected chi connectivity index (χ3v) is 4.41. The second kappa shape index (κ2) is 9.33. The van der Waals surface area contributed by atoms with Gasteiger partial charge in [-0.25, -0.2) is 9.97 Å². The average molecular weight is 377 g/mol. The number of anilines is 1. The van der Waals surface area contributed by atoms with Gasteiger partial charge < -0.3 is 15.0 Å². The lowest BCUT2D eigenvalue weighted by Crippen LogP contribution is -2.28. The summed E-state index contributed by atoms with van der Waals surface area (Å²) in [5.41, 5.74) is 4.43. The van der Waals surface area contributed by atoms with Crippen LogP contribution in [-0.4, -0.2) is 36.7 Å². The third kappa shape index (κ3) is 5.54.